The predicted octanol–water partition coefficient (Wildman–Crippen LogP) is 1.85. The van der Waals surface area contributed by atoms with Gasteiger partial charge in [-0.1, -0.05) is 11.6 Å². The van der Waals surface area contributed by atoms with Gasteiger partial charge in [-0.3, -0.25) is 4.40 Å². The van der Waals surface area contributed by atoms with Crippen molar-refractivity contribution in [1.29, 1.82) is 0 Å². The highest BCUT2D eigenvalue weighted by atomic mass is 35.5. The Kier molecular flexibility index (Phi) is 1.83. The molecule has 0 amide bonds. The first kappa shape index (κ1) is 8.04. The van der Waals surface area contributed by atoms with Gasteiger partial charge in [0.25, 0.3) is 0 Å². The fourth-order valence-corrected chi connectivity index (χ4v) is 2.24. The van der Waals surface area contributed by atoms with Crippen molar-refractivity contribution in [1.82, 2.24) is 9.38 Å². The van der Waals surface area contributed by atoms with Gasteiger partial charge in [0.1, 0.15) is 0 Å². The summed E-state index contributed by atoms with van der Waals surface area (Å²) in [6.45, 7) is 1.92. The number of aliphatic hydroxyl groups excluding tert-OH is 1. The molecule has 0 saturated carbocycles. The lowest BCUT2D eigenvalue weighted by molar-refractivity contribution is 0.276. The van der Waals surface area contributed by atoms with E-state index in [1.165, 1.54) is 0 Å². The van der Waals surface area contributed by atoms with E-state index in [-0.39, 0.29) is 6.61 Å². The Bertz CT molecular complexity index is 420. The van der Waals surface area contributed by atoms with Crippen LogP contribution >= 0.6 is 22.9 Å². The molecule has 0 bridgehead atoms. The van der Waals surface area contributed by atoms with Gasteiger partial charge in [0, 0.05) is 11.1 Å². The monoisotopic (exact) mass is 202 g/mol. The Labute approximate surface area is 78.2 Å². The molecule has 0 radical (unpaired) electrons. The molecular formula is C7H7ClN2OS. The Morgan fingerprint density at radius 3 is 3.17 bits per heavy atom. The molecule has 0 aliphatic rings. The molecule has 1 N–H and O–H groups in total. The third kappa shape index (κ3) is 1.03. The van der Waals surface area contributed by atoms with Crippen LogP contribution in [-0.4, -0.2) is 14.5 Å². The van der Waals surface area contributed by atoms with Gasteiger partial charge >= 0.3 is 0 Å². The molecule has 5 heteroatoms. The van der Waals surface area contributed by atoms with Gasteiger partial charge in [-0.25, -0.2) is 4.98 Å². The van der Waals surface area contributed by atoms with Crippen molar-refractivity contribution in [2.45, 2.75) is 13.5 Å². The molecule has 0 aromatic carbocycles. The molecule has 0 unspecified atom stereocenters. The molecule has 0 atom stereocenters. The van der Waals surface area contributed by atoms with Crippen molar-refractivity contribution >= 4 is 27.9 Å². The van der Waals surface area contributed by atoms with E-state index < -0.39 is 0 Å². The van der Waals surface area contributed by atoms with Gasteiger partial charge < -0.3 is 5.11 Å². The number of thiazole rings is 1. The van der Waals surface area contributed by atoms with Crippen molar-refractivity contribution in [3.63, 3.8) is 0 Å². The van der Waals surface area contributed by atoms with E-state index >= 15 is 0 Å². The van der Waals surface area contributed by atoms with Crippen LogP contribution < -0.4 is 0 Å². The average Bonchev–Trinajstić information content (AvgIpc) is 2.43. The molecule has 0 saturated heterocycles. The van der Waals surface area contributed by atoms with Gasteiger partial charge in [0.2, 0.25) is 0 Å². The molecular weight excluding hydrogens is 196 g/mol. The number of nitrogens with zero attached hydrogens (tertiary/aromatic N) is 2. The van der Waals surface area contributed by atoms with Crippen LogP contribution in [0.5, 0.6) is 0 Å². The molecule has 0 aliphatic heterocycles. The van der Waals surface area contributed by atoms with Crippen molar-refractivity contribution in [3.8, 4) is 0 Å². The lowest BCUT2D eigenvalue weighted by Crippen LogP contribution is -1.88. The second-order valence-corrected chi connectivity index (χ2v) is 4.07. The highest BCUT2D eigenvalue weighted by molar-refractivity contribution is 7.17. The summed E-state index contributed by atoms with van der Waals surface area (Å²) in [6.07, 6.45) is 1.92. The number of hydrogen-bond acceptors (Lipinski definition) is 3. The van der Waals surface area contributed by atoms with Crippen LogP contribution in [0.3, 0.4) is 0 Å². The van der Waals surface area contributed by atoms with Crippen LogP contribution in [0.2, 0.25) is 5.15 Å². The number of aliphatic hydroxyl groups is 1. The normalized spacial score (nSPS) is 11.2. The van der Waals surface area contributed by atoms with E-state index in [2.05, 4.69) is 4.98 Å². The number of imidazole rings is 1. The van der Waals surface area contributed by atoms with E-state index in [1.807, 2.05) is 17.5 Å². The molecule has 2 aromatic rings. The van der Waals surface area contributed by atoms with Crippen LogP contribution in [0.15, 0.2) is 6.20 Å². The summed E-state index contributed by atoms with van der Waals surface area (Å²) in [5.41, 5.74) is 0.663. The van der Waals surface area contributed by atoms with E-state index in [4.69, 9.17) is 16.7 Å². The fraction of sp³-hybridized carbons (Fsp3) is 0.286. The zero-order valence-corrected chi connectivity index (χ0v) is 7.98. The third-order valence-electron chi connectivity index (χ3n) is 1.64. The van der Waals surface area contributed by atoms with Crippen LogP contribution in [0.1, 0.15) is 10.6 Å². The molecule has 0 aliphatic carbocycles. The molecule has 2 aromatic heterocycles. The predicted molar refractivity (Wildman–Crippen MR) is 48.7 cm³/mol. The maximum absolute atomic E-state index is 8.97. The van der Waals surface area contributed by atoms with Crippen LogP contribution in [0.4, 0.5) is 0 Å². The molecule has 2 rings (SSSR count). The summed E-state index contributed by atoms with van der Waals surface area (Å²) < 4.78 is 1.82. The Morgan fingerprint density at radius 2 is 2.50 bits per heavy atom. The molecule has 0 fully saturated rings. The van der Waals surface area contributed by atoms with Gasteiger partial charge in [-0.2, -0.15) is 0 Å². The number of hydrogen-bond donors (Lipinski definition) is 1. The van der Waals surface area contributed by atoms with Crippen molar-refractivity contribution in [2.24, 2.45) is 0 Å². The number of halogens is 1. The summed E-state index contributed by atoms with van der Waals surface area (Å²) in [5.74, 6) is 0. The first-order valence-electron chi connectivity index (χ1n) is 3.46. The number of aryl methyl sites for hydroxylation is 1. The summed E-state index contributed by atoms with van der Waals surface area (Å²) in [4.78, 5) is 6.08. The number of rotatable bonds is 1. The van der Waals surface area contributed by atoms with Gasteiger partial charge in [-0.15, -0.1) is 11.3 Å². The summed E-state index contributed by atoms with van der Waals surface area (Å²) in [6, 6.07) is 0. The van der Waals surface area contributed by atoms with Gasteiger partial charge in [0.05, 0.1) is 12.3 Å². The highest BCUT2D eigenvalue weighted by Crippen LogP contribution is 2.23. The minimum atomic E-state index is -0.0732. The Morgan fingerprint density at radius 1 is 1.75 bits per heavy atom. The molecule has 3 nitrogen and oxygen atoms in total. The lowest BCUT2D eigenvalue weighted by atomic mass is 10.5. The van der Waals surface area contributed by atoms with Crippen molar-refractivity contribution in [2.75, 3.05) is 0 Å². The maximum atomic E-state index is 8.97. The molecule has 0 spiro atoms. The fourth-order valence-electron chi connectivity index (χ4n) is 1.12. The van der Waals surface area contributed by atoms with Crippen molar-refractivity contribution < 1.29 is 5.11 Å². The second-order valence-electron chi connectivity index (χ2n) is 2.50. The second kappa shape index (κ2) is 2.73. The average molecular weight is 203 g/mol. The van der Waals surface area contributed by atoms with Crippen molar-refractivity contribution in [3.05, 3.63) is 21.9 Å². The molecule has 2 heterocycles. The summed E-state index contributed by atoms with van der Waals surface area (Å²) in [5, 5.41) is 9.37. The first-order chi connectivity index (χ1) is 5.72. The largest absolute Gasteiger partial charge is 0.390 e. The topological polar surface area (TPSA) is 37.5 Å². The van der Waals surface area contributed by atoms with E-state index in [0.717, 1.165) is 9.84 Å². The molecule has 64 valence electrons. The SMILES string of the molecule is Cc1cn2c(CO)c(Cl)nc2s1. The smallest absolute Gasteiger partial charge is 0.195 e. The van der Waals surface area contributed by atoms with Crippen LogP contribution in [-0.2, 0) is 6.61 Å². The Balaban J connectivity index is 2.78. The summed E-state index contributed by atoms with van der Waals surface area (Å²) in [7, 11) is 0. The third-order valence-corrected chi connectivity index (χ3v) is 2.84. The number of aromatic nitrogens is 2. The lowest BCUT2D eigenvalue weighted by Gasteiger charge is -1.91. The zero-order valence-electron chi connectivity index (χ0n) is 6.41. The van der Waals surface area contributed by atoms with Crippen LogP contribution in [0.25, 0.3) is 4.96 Å². The van der Waals surface area contributed by atoms with Gasteiger partial charge in [0.15, 0.2) is 10.1 Å². The van der Waals surface area contributed by atoms with E-state index in [1.54, 1.807) is 11.3 Å². The minimum absolute atomic E-state index is 0.0732. The Hall–Kier alpha value is -0.580. The first-order valence-corrected chi connectivity index (χ1v) is 4.65. The minimum Gasteiger partial charge on any atom is -0.390 e. The van der Waals surface area contributed by atoms with E-state index in [9.17, 15) is 0 Å². The standard InChI is InChI=1S/C7H7ClN2OS/c1-4-2-10-5(3-11)6(8)9-7(10)12-4/h2,11H,3H2,1H3. The zero-order chi connectivity index (χ0) is 8.72. The van der Waals surface area contributed by atoms with Crippen LogP contribution in [0, 0.1) is 6.92 Å². The quantitative estimate of drug-likeness (QED) is 0.767. The van der Waals surface area contributed by atoms with E-state index in [0.29, 0.717) is 10.8 Å². The van der Waals surface area contributed by atoms with Gasteiger partial charge in [-0.05, 0) is 6.92 Å². The maximum Gasteiger partial charge on any atom is 0.195 e. The highest BCUT2D eigenvalue weighted by Gasteiger charge is 2.10. The number of fused-ring (bicyclic) bond motifs is 1. The summed E-state index contributed by atoms with van der Waals surface area (Å²) >= 11 is 7.33. The molecule has 12 heavy (non-hydrogen) atoms.